The van der Waals surface area contributed by atoms with Crippen LogP contribution in [0, 0.1) is 0 Å². The molecule has 0 aliphatic heterocycles. The van der Waals surface area contributed by atoms with E-state index in [0.717, 1.165) is 16.7 Å². The first-order chi connectivity index (χ1) is 12.8. The molecule has 0 heterocycles. The van der Waals surface area contributed by atoms with E-state index in [9.17, 15) is 4.79 Å². The van der Waals surface area contributed by atoms with Crippen molar-refractivity contribution < 1.29 is 4.79 Å². The third kappa shape index (κ3) is 3.20. The summed E-state index contributed by atoms with van der Waals surface area (Å²) in [7, 11) is 0. The third-order valence-electron chi connectivity index (χ3n) is 4.49. The molecule has 0 atom stereocenters. The van der Waals surface area contributed by atoms with Crippen molar-refractivity contribution in [3.05, 3.63) is 108 Å². The first-order valence-corrected chi connectivity index (χ1v) is 8.67. The van der Waals surface area contributed by atoms with Gasteiger partial charge in [-0.1, -0.05) is 91.0 Å². The Morgan fingerprint density at radius 1 is 0.577 bits per heavy atom. The SMILES string of the molecule is O=C(/C=C/c1ccccc1)/C=C/c1c2cccccc-2c2ccccc12. The van der Waals surface area contributed by atoms with E-state index >= 15 is 0 Å². The smallest absolute Gasteiger partial charge is 0.178 e. The molecular formula is C25H18O. The molecule has 2 aliphatic rings. The van der Waals surface area contributed by atoms with Gasteiger partial charge < -0.3 is 0 Å². The molecule has 0 radical (unpaired) electrons. The van der Waals surface area contributed by atoms with Crippen LogP contribution in [0.5, 0.6) is 0 Å². The standard InChI is InChI=1S/C25H18O/c26-20(16-15-19-9-3-1-4-10-19)17-18-25-23-12-6-2-5-11-21(23)22-13-7-8-14-24(22)25/h1-18H/b16-15+,18-17+. The molecule has 0 N–H and O–H groups in total. The van der Waals surface area contributed by atoms with Gasteiger partial charge in [0.15, 0.2) is 5.78 Å². The highest BCUT2D eigenvalue weighted by molar-refractivity contribution is 6.12. The molecule has 4 rings (SSSR count). The van der Waals surface area contributed by atoms with Gasteiger partial charge in [0, 0.05) is 0 Å². The van der Waals surface area contributed by atoms with E-state index in [-0.39, 0.29) is 5.78 Å². The second kappa shape index (κ2) is 7.20. The highest BCUT2D eigenvalue weighted by Crippen LogP contribution is 2.38. The van der Waals surface area contributed by atoms with Crippen LogP contribution in [0.15, 0.2) is 97.1 Å². The van der Waals surface area contributed by atoms with Gasteiger partial charge in [-0.15, -0.1) is 0 Å². The summed E-state index contributed by atoms with van der Waals surface area (Å²) in [4.78, 5) is 12.3. The zero-order valence-electron chi connectivity index (χ0n) is 14.3. The lowest BCUT2D eigenvalue weighted by molar-refractivity contribution is -0.110. The van der Waals surface area contributed by atoms with E-state index in [4.69, 9.17) is 0 Å². The molecule has 1 heteroatoms. The first kappa shape index (κ1) is 16.0. The Balaban J connectivity index is 1.70. The van der Waals surface area contributed by atoms with Crippen LogP contribution in [0.3, 0.4) is 0 Å². The molecular weight excluding hydrogens is 316 g/mol. The van der Waals surface area contributed by atoms with Gasteiger partial charge in [-0.2, -0.15) is 0 Å². The zero-order valence-corrected chi connectivity index (χ0v) is 14.3. The minimum Gasteiger partial charge on any atom is -0.290 e. The van der Waals surface area contributed by atoms with E-state index in [1.165, 1.54) is 16.3 Å². The number of ketones is 1. The highest BCUT2D eigenvalue weighted by Gasteiger charge is 2.13. The molecule has 2 aromatic rings. The number of allylic oxidation sites excluding steroid dienone is 2. The van der Waals surface area contributed by atoms with Gasteiger partial charge in [-0.3, -0.25) is 4.79 Å². The summed E-state index contributed by atoms with van der Waals surface area (Å²) >= 11 is 0. The van der Waals surface area contributed by atoms with Crippen LogP contribution in [0.1, 0.15) is 11.1 Å². The molecule has 1 nitrogen and oxygen atoms in total. The minimum atomic E-state index is -0.0207. The fourth-order valence-corrected chi connectivity index (χ4v) is 3.26. The lowest BCUT2D eigenvalue weighted by Crippen LogP contribution is -1.85. The second-order valence-corrected chi connectivity index (χ2v) is 6.18. The number of carbonyl (C=O) groups excluding carboxylic acids is 1. The monoisotopic (exact) mass is 334 g/mol. The topological polar surface area (TPSA) is 17.1 Å². The predicted octanol–water partition coefficient (Wildman–Crippen LogP) is 6.24. The average molecular weight is 334 g/mol. The molecule has 0 spiro atoms. The van der Waals surface area contributed by atoms with Gasteiger partial charge in [0.05, 0.1) is 0 Å². The van der Waals surface area contributed by atoms with Crippen molar-refractivity contribution in [1.82, 2.24) is 0 Å². The van der Waals surface area contributed by atoms with E-state index in [1.54, 1.807) is 12.2 Å². The normalized spacial score (nSPS) is 11.7. The number of fused-ring (bicyclic) bond motifs is 3. The van der Waals surface area contributed by atoms with E-state index in [1.807, 2.05) is 60.7 Å². The van der Waals surface area contributed by atoms with E-state index in [0.29, 0.717) is 0 Å². The van der Waals surface area contributed by atoms with Crippen molar-refractivity contribution in [2.24, 2.45) is 0 Å². The number of rotatable bonds is 4. The summed E-state index contributed by atoms with van der Waals surface area (Å²) < 4.78 is 0. The Morgan fingerprint density at radius 3 is 1.92 bits per heavy atom. The first-order valence-electron chi connectivity index (χ1n) is 8.67. The van der Waals surface area contributed by atoms with Crippen LogP contribution >= 0.6 is 0 Å². The quantitative estimate of drug-likeness (QED) is 0.404. The molecule has 26 heavy (non-hydrogen) atoms. The molecule has 0 saturated carbocycles. The fourth-order valence-electron chi connectivity index (χ4n) is 3.26. The van der Waals surface area contributed by atoms with Crippen molar-refractivity contribution in [1.29, 1.82) is 0 Å². The van der Waals surface area contributed by atoms with Gasteiger partial charge in [-0.25, -0.2) is 0 Å². The molecule has 0 amide bonds. The average Bonchev–Trinajstić information content (AvgIpc) is 2.83. The molecule has 0 saturated heterocycles. The Bertz CT molecular complexity index is 1090. The summed E-state index contributed by atoms with van der Waals surface area (Å²) in [5.41, 5.74) is 4.48. The Kier molecular flexibility index (Phi) is 4.44. The summed E-state index contributed by atoms with van der Waals surface area (Å²) in [5.74, 6) is -0.0207. The van der Waals surface area contributed by atoms with Crippen LogP contribution in [0.2, 0.25) is 0 Å². The number of hydrogen-bond donors (Lipinski definition) is 0. The van der Waals surface area contributed by atoms with Crippen molar-refractivity contribution in [3.63, 3.8) is 0 Å². The Morgan fingerprint density at radius 2 is 1.15 bits per heavy atom. The van der Waals surface area contributed by atoms with Gasteiger partial charge >= 0.3 is 0 Å². The molecule has 2 aliphatic carbocycles. The summed E-state index contributed by atoms with van der Waals surface area (Å²) in [5, 5.41) is 2.38. The molecule has 0 unspecified atom stereocenters. The molecule has 0 bridgehead atoms. The summed E-state index contributed by atoms with van der Waals surface area (Å²) in [6, 6.07) is 28.5. The van der Waals surface area contributed by atoms with E-state index in [2.05, 4.69) is 36.4 Å². The molecule has 2 aromatic carbocycles. The minimum absolute atomic E-state index is 0.0207. The summed E-state index contributed by atoms with van der Waals surface area (Å²) in [6.45, 7) is 0. The van der Waals surface area contributed by atoms with Crippen LogP contribution < -0.4 is 0 Å². The number of carbonyl (C=O) groups is 1. The van der Waals surface area contributed by atoms with Crippen molar-refractivity contribution in [2.45, 2.75) is 0 Å². The molecule has 124 valence electrons. The maximum atomic E-state index is 12.3. The Hall–Kier alpha value is -3.45. The molecule has 0 aromatic heterocycles. The van der Waals surface area contributed by atoms with Gasteiger partial charge in [0.2, 0.25) is 0 Å². The van der Waals surface area contributed by atoms with Crippen molar-refractivity contribution >= 4 is 28.7 Å². The Labute approximate surface area is 153 Å². The fraction of sp³-hybridized carbons (Fsp3) is 0. The predicted molar refractivity (Wildman–Crippen MR) is 110 cm³/mol. The van der Waals surface area contributed by atoms with Crippen LogP contribution in [-0.4, -0.2) is 5.78 Å². The second-order valence-electron chi connectivity index (χ2n) is 6.18. The number of hydrogen-bond acceptors (Lipinski definition) is 1. The van der Waals surface area contributed by atoms with E-state index < -0.39 is 0 Å². The largest absolute Gasteiger partial charge is 0.290 e. The highest BCUT2D eigenvalue weighted by atomic mass is 16.1. The van der Waals surface area contributed by atoms with Gasteiger partial charge in [0.1, 0.15) is 0 Å². The molecule has 0 fully saturated rings. The van der Waals surface area contributed by atoms with Crippen molar-refractivity contribution in [2.75, 3.05) is 0 Å². The number of benzene rings is 2. The zero-order chi connectivity index (χ0) is 17.8. The van der Waals surface area contributed by atoms with Crippen molar-refractivity contribution in [3.8, 4) is 11.1 Å². The van der Waals surface area contributed by atoms with Gasteiger partial charge in [0.25, 0.3) is 0 Å². The van der Waals surface area contributed by atoms with Crippen LogP contribution in [-0.2, 0) is 4.79 Å². The third-order valence-corrected chi connectivity index (χ3v) is 4.49. The van der Waals surface area contributed by atoms with Crippen LogP contribution in [0.25, 0.3) is 34.1 Å². The lowest BCUT2D eigenvalue weighted by Gasteiger charge is -1.95. The maximum Gasteiger partial charge on any atom is 0.178 e. The lowest BCUT2D eigenvalue weighted by atomic mass is 10.1. The summed E-state index contributed by atoms with van der Waals surface area (Å²) in [6.07, 6.45) is 7.03. The van der Waals surface area contributed by atoms with Gasteiger partial charge in [-0.05, 0) is 51.3 Å². The van der Waals surface area contributed by atoms with Crippen LogP contribution in [0.4, 0.5) is 0 Å². The maximum absolute atomic E-state index is 12.3.